The van der Waals surface area contributed by atoms with Crippen LogP contribution in [-0.2, 0) is 24.7 Å². The summed E-state index contributed by atoms with van der Waals surface area (Å²) in [5.74, 6) is 0. The Bertz CT molecular complexity index is 728. The molecular formula is C9H6F3NO5S2. The molecule has 0 radical (unpaired) electrons. The molecule has 0 saturated heterocycles. The van der Waals surface area contributed by atoms with Gasteiger partial charge >= 0.3 is 15.6 Å². The van der Waals surface area contributed by atoms with Gasteiger partial charge in [-0.1, -0.05) is 35.5 Å². The fourth-order valence-corrected chi connectivity index (χ4v) is 1.60. The third kappa shape index (κ3) is 4.35. The minimum atomic E-state index is -5.95. The summed E-state index contributed by atoms with van der Waals surface area (Å²) in [6.07, 6.45) is 0. The van der Waals surface area contributed by atoms with Gasteiger partial charge in [-0.15, -0.1) is 0 Å². The predicted octanol–water partition coefficient (Wildman–Crippen LogP) is 0.938. The van der Waals surface area contributed by atoms with Crippen LogP contribution in [0.2, 0.25) is 0 Å². The molecule has 6 nitrogen and oxygen atoms in total. The molecule has 0 bridgehead atoms. The molecule has 11 heteroatoms. The summed E-state index contributed by atoms with van der Waals surface area (Å²) in [4.78, 5) is 0. The highest BCUT2D eigenvalue weighted by atomic mass is 32.2. The van der Waals surface area contributed by atoms with Crippen LogP contribution < -0.4 is 0 Å². The van der Waals surface area contributed by atoms with Crippen LogP contribution >= 0.6 is 0 Å². The van der Waals surface area contributed by atoms with Crippen molar-refractivity contribution in [3.8, 4) is 0 Å². The molecule has 0 atom stereocenters. The Morgan fingerprint density at radius 3 is 2.20 bits per heavy atom. The molecule has 1 rings (SSSR count). The van der Waals surface area contributed by atoms with Gasteiger partial charge in [0.05, 0.1) is 5.37 Å². The Labute approximate surface area is 113 Å². The van der Waals surface area contributed by atoms with Crippen molar-refractivity contribution in [2.75, 3.05) is 0 Å². The molecule has 0 unspecified atom stereocenters. The molecule has 0 aliphatic heterocycles. The summed E-state index contributed by atoms with van der Waals surface area (Å²) in [6.45, 7) is 0. The molecule has 0 amide bonds. The van der Waals surface area contributed by atoms with Crippen LogP contribution in [0.25, 0.3) is 0 Å². The van der Waals surface area contributed by atoms with Crippen molar-refractivity contribution in [1.82, 2.24) is 0 Å². The molecule has 110 valence electrons. The first-order chi connectivity index (χ1) is 9.13. The molecule has 0 heterocycles. The molecule has 1 aromatic rings. The highest BCUT2D eigenvalue weighted by Gasteiger charge is 2.49. The van der Waals surface area contributed by atoms with Gasteiger partial charge in [0.15, 0.2) is 0 Å². The number of hydrogen-bond donors (Lipinski definition) is 0. The van der Waals surface area contributed by atoms with Crippen molar-refractivity contribution in [2.45, 2.75) is 5.51 Å². The first-order valence-electron chi connectivity index (χ1n) is 4.70. The summed E-state index contributed by atoms with van der Waals surface area (Å²) in [7, 11) is -8.75. The van der Waals surface area contributed by atoms with Crippen LogP contribution in [0.5, 0.6) is 0 Å². The van der Waals surface area contributed by atoms with Crippen LogP contribution in [0, 0.1) is 0 Å². The van der Waals surface area contributed by atoms with Gasteiger partial charge in [0.25, 0.3) is 0 Å². The predicted molar refractivity (Wildman–Crippen MR) is 64.0 cm³/mol. The fraction of sp³-hybridized carbons (Fsp3) is 0.111. The van der Waals surface area contributed by atoms with E-state index in [1.54, 1.807) is 6.07 Å². The van der Waals surface area contributed by atoms with Crippen molar-refractivity contribution in [1.29, 1.82) is 0 Å². The average molecular weight is 329 g/mol. The van der Waals surface area contributed by atoms with Gasteiger partial charge in [-0.05, 0) is 0 Å². The first-order valence-corrected chi connectivity index (χ1v) is 7.24. The average Bonchev–Trinajstić information content (AvgIpc) is 2.33. The number of halogens is 3. The number of hydrogen-bond acceptors (Lipinski definition) is 6. The van der Waals surface area contributed by atoms with E-state index in [1.165, 1.54) is 24.3 Å². The minimum absolute atomic E-state index is 0.0640. The van der Waals surface area contributed by atoms with E-state index >= 15 is 0 Å². The molecule has 1 aromatic carbocycles. The Hall–Kier alpha value is -1.88. The summed E-state index contributed by atoms with van der Waals surface area (Å²) in [5, 5.41) is 3.15. The molecule has 0 aliphatic carbocycles. The van der Waals surface area contributed by atoms with Crippen LogP contribution in [0.3, 0.4) is 0 Å². The third-order valence-corrected chi connectivity index (χ3v) is 3.05. The summed E-state index contributed by atoms with van der Waals surface area (Å²) in [5.41, 5.74) is -6.18. The first kappa shape index (κ1) is 16.2. The molecule has 0 saturated carbocycles. The number of nitrogens with zero attached hydrogens (tertiary/aromatic N) is 1. The van der Waals surface area contributed by atoms with Crippen molar-refractivity contribution < 1.29 is 34.3 Å². The second-order valence-corrected chi connectivity index (χ2v) is 5.47. The lowest BCUT2D eigenvalue weighted by atomic mass is 10.1. The van der Waals surface area contributed by atoms with Gasteiger partial charge in [0, 0.05) is 5.56 Å². The highest BCUT2D eigenvalue weighted by molar-refractivity contribution is 7.87. The zero-order chi connectivity index (χ0) is 15.4. The quantitative estimate of drug-likeness (QED) is 0.355. The molecule has 0 N–H and O–H groups in total. The van der Waals surface area contributed by atoms with Gasteiger partial charge in [0.2, 0.25) is 10.3 Å². The van der Waals surface area contributed by atoms with E-state index in [4.69, 9.17) is 0 Å². The zero-order valence-corrected chi connectivity index (χ0v) is 11.0. The molecule has 0 spiro atoms. The van der Waals surface area contributed by atoms with Crippen LogP contribution in [-0.4, -0.2) is 33.4 Å². The molecular weight excluding hydrogens is 323 g/mol. The Morgan fingerprint density at radius 2 is 1.75 bits per heavy atom. The maximum Gasteiger partial charge on any atom is 0.536 e. The number of benzene rings is 1. The minimum Gasteiger partial charge on any atom is -0.261 e. The Balaban J connectivity index is 3.22. The van der Waals surface area contributed by atoms with Gasteiger partial charge in [0.1, 0.15) is 5.71 Å². The highest BCUT2D eigenvalue weighted by Crippen LogP contribution is 2.24. The lowest BCUT2D eigenvalue weighted by molar-refractivity contribution is -0.0540. The topological polar surface area (TPSA) is 89.9 Å². The second-order valence-electron chi connectivity index (χ2n) is 3.20. The Morgan fingerprint density at radius 1 is 1.20 bits per heavy atom. The smallest absolute Gasteiger partial charge is 0.261 e. The van der Waals surface area contributed by atoms with E-state index in [-0.39, 0.29) is 5.56 Å². The van der Waals surface area contributed by atoms with Crippen LogP contribution in [0.15, 0.2) is 35.5 Å². The van der Waals surface area contributed by atoms with Crippen LogP contribution in [0.4, 0.5) is 13.2 Å². The van der Waals surface area contributed by atoms with Gasteiger partial charge in [-0.3, -0.25) is 4.28 Å². The van der Waals surface area contributed by atoms with E-state index in [1.807, 2.05) is 0 Å². The standard InChI is InChI=1S/C9H6F3NO5S2/c10-9(11,12)20(16,17)18-13-8(6-19(14)15)7-4-2-1-3-5-7/h1-6H. The zero-order valence-electron chi connectivity index (χ0n) is 9.40. The Kier molecular flexibility index (Phi) is 4.89. The summed E-state index contributed by atoms with van der Waals surface area (Å²) >= 11 is 0. The lowest BCUT2D eigenvalue weighted by Crippen LogP contribution is -2.24. The van der Waals surface area contributed by atoms with E-state index in [0.717, 1.165) is 0 Å². The maximum absolute atomic E-state index is 12.0. The summed E-state index contributed by atoms with van der Waals surface area (Å²) in [6, 6.07) is 7.08. The summed E-state index contributed by atoms with van der Waals surface area (Å²) < 4.78 is 81.9. The van der Waals surface area contributed by atoms with Crippen molar-refractivity contribution >= 4 is 31.5 Å². The maximum atomic E-state index is 12.0. The van der Waals surface area contributed by atoms with E-state index in [9.17, 15) is 30.0 Å². The number of alkyl halides is 3. The third-order valence-electron chi connectivity index (χ3n) is 1.79. The largest absolute Gasteiger partial charge is 0.536 e. The van der Waals surface area contributed by atoms with Gasteiger partial charge in [-0.25, -0.2) is 0 Å². The normalized spacial score (nSPS) is 12.8. The molecule has 0 aliphatic rings. The fourth-order valence-electron chi connectivity index (χ4n) is 0.974. The van der Waals surface area contributed by atoms with E-state index in [0.29, 0.717) is 5.37 Å². The molecule has 0 fully saturated rings. The van der Waals surface area contributed by atoms with Crippen molar-refractivity contribution in [3.05, 3.63) is 35.9 Å². The van der Waals surface area contributed by atoms with E-state index in [2.05, 4.69) is 9.44 Å². The number of rotatable bonds is 4. The van der Waals surface area contributed by atoms with E-state index < -0.39 is 31.6 Å². The number of oxime groups is 1. The molecule has 0 aromatic heterocycles. The van der Waals surface area contributed by atoms with Gasteiger partial charge in [-0.2, -0.15) is 30.0 Å². The van der Waals surface area contributed by atoms with Crippen molar-refractivity contribution in [2.24, 2.45) is 5.16 Å². The lowest BCUT2D eigenvalue weighted by Gasteiger charge is -2.05. The monoisotopic (exact) mass is 329 g/mol. The van der Waals surface area contributed by atoms with Crippen LogP contribution in [0.1, 0.15) is 5.56 Å². The van der Waals surface area contributed by atoms with Crippen molar-refractivity contribution in [3.63, 3.8) is 0 Å². The molecule has 20 heavy (non-hydrogen) atoms. The SMILES string of the molecule is O=S(=O)=CC(=NOS(=O)(=O)C(F)(F)F)c1ccccc1. The second kappa shape index (κ2) is 6.05. The van der Waals surface area contributed by atoms with Gasteiger partial charge < -0.3 is 0 Å².